The molecule has 1 unspecified atom stereocenters. The highest BCUT2D eigenvalue weighted by atomic mass is 35.5. The van der Waals surface area contributed by atoms with Gasteiger partial charge in [0.05, 0.1) is 11.1 Å². The third kappa shape index (κ3) is 3.71. The van der Waals surface area contributed by atoms with Crippen LogP contribution in [0.25, 0.3) is 0 Å². The first-order chi connectivity index (χ1) is 11.5. The Bertz CT molecular complexity index is 793. The summed E-state index contributed by atoms with van der Waals surface area (Å²) in [6.07, 6.45) is 2.35. The maximum absolute atomic E-state index is 12.3. The third-order valence-corrected chi connectivity index (χ3v) is 4.95. The average Bonchev–Trinajstić information content (AvgIpc) is 2.55. The van der Waals surface area contributed by atoms with E-state index in [2.05, 4.69) is 22.2 Å². The molecule has 0 saturated heterocycles. The highest BCUT2D eigenvalue weighted by Gasteiger charge is 2.29. The number of amidine groups is 1. The number of nitrogens with two attached hydrogens (primary N) is 1. The van der Waals surface area contributed by atoms with Crippen molar-refractivity contribution in [1.29, 1.82) is 0 Å². The van der Waals surface area contributed by atoms with Gasteiger partial charge >= 0.3 is 0 Å². The van der Waals surface area contributed by atoms with Crippen LogP contribution in [-0.4, -0.2) is 21.8 Å². The third-order valence-electron chi connectivity index (χ3n) is 3.93. The molecule has 1 amide bonds. The number of thioether (sulfide) groups is 1. The SMILES string of the molecule is CC1(c2cccc(NC(=O)c3ccc(Cl)nc3)c2)CCSC(N)=N1. The van der Waals surface area contributed by atoms with Crippen molar-refractivity contribution in [3.8, 4) is 0 Å². The average molecular weight is 361 g/mol. The maximum atomic E-state index is 12.3. The summed E-state index contributed by atoms with van der Waals surface area (Å²) in [6, 6.07) is 10.9. The number of aliphatic imine (C=N–C) groups is 1. The quantitative estimate of drug-likeness (QED) is 0.818. The van der Waals surface area contributed by atoms with Crippen LogP contribution in [0.4, 0.5) is 5.69 Å². The number of pyridine rings is 1. The number of amides is 1. The van der Waals surface area contributed by atoms with Crippen LogP contribution in [0.15, 0.2) is 47.6 Å². The fourth-order valence-corrected chi connectivity index (χ4v) is 3.63. The summed E-state index contributed by atoms with van der Waals surface area (Å²) in [5, 5.41) is 3.83. The van der Waals surface area contributed by atoms with E-state index in [0.29, 0.717) is 21.6 Å². The number of hydrogen-bond acceptors (Lipinski definition) is 5. The minimum absolute atomic E-state index is 0.233. The molecule has 0 radical (unpaired) electrons. The van der Waals surface area contributed by atoms with Gasteiger partial charge in [0.2, 0.25) is 0 Å². The van der Waals surface area contributed by atoms with Gasteiger partial charge in [0.15, 0.2) is 5.17 Å². The minimum Gasteiger partial charge on any atom is -0.379 e. The van der Waals surface area contributed by atoms with E-state index in [1.54, 1.807) is 23.9 Å². The van der Waals surface area contributed by atoms with Gasteiger partial charge < -0.3 is 11.1 Å². The fraction of sp³-hybridized carbons (Fsp3) is 0.235. The van der Waals surface area contributed by atoms with Gasteiger partial charge in [-0.05, 0) is 43.2 Å². The molecule has 1 aromatic heterocycles. The maximum Gasteiger partial charge on any atom is 0.257 e. The highest BCUT2D eigenvalue weighted by molar-refractivity contribution is 8.13. The van der Waals surface area contributed by atoms with E-state index in [-0.39, 0.29) is 11.4 Å². The Balaban J connectivity index is 1.82. The van der Waals surface area contributed by atoms with Crippen molar-refractivity contribution in [1.82, 2.24) is 4.98 Å². The molecule has 1 aromatic carbocycles. The first kappa shape index (κ1) is 16.8. The second kappa shape index (κ2) is 6.83. The molecule has 3 N–H and O–H groups in total. The lowest BCUT2D eigenvalue weighted by molar-refractivity contribution is 0.102. The molecule has 0 spiro atoms. The number of nitrogens with one attached hydrogen (secondary N) is 1. The standard InChI is InChI=1S/C17H17ClN4OS/c1-17(7-8-24-16(19)22-17)12-3-2-4-13(9-12)21-15(23)11-5-6-14(18)20-10-11/h2-6,9-10H,7-8H2,1H3,(H2,19,22)(H,21,23). The lowest BCUT2D eigenvalue weighted by Gasteiger charge is -2.30. The molecular formula is C17H17ClN4OS. The lowest BCUT2D eigenvalue weighted by atomic mass is 9.89. The number of rotatable bonds is 3. The van der Waals surface area contributed by atoms with Crippen LogP contribution < -0.4 is 11.1 Å². The van der Waals surface area contributed by atoms with Gasteiger partial charge in [0.1, 0.15) is 5.15 Å². The number of anilines is 1. The van der Waals surface area contributed by atoms with E-state index < -0.39 is 0 Å². The smallest absolute Gasteiger partial charge is 0.257 e. The summed E-state index contributed by atoms with van der Waals surface area (Å²) >= 11 is 7.31. The van der Waals surface area contributed by atoms with Gasteiger partial charge in [0.25, 0.3) is 5.91 Å². The summed E-state index contributed by atoms with van der Waals surface area (Å²) in [5.74, 6) is 0.697. The van der Waals surface area contributed by atoms with Crippen molar-refractivity contribution in [2.45, 2.75) is 18.9 Å². The summed E-state index contributed by atoms with van der Waals surface area (Å²) in [6.45, 7) is 2.06. The molecule has 0 saturated carbocycles. The van der Waals surface area contributed by atoms with Crippen LogP contribution in [0.5, 0.6) is 0 Å². The van der Waals surface area contributed by atoms with Crippen molar-refractivity contribution in [2.75, 3.05) is 11.1 Å². The zero-order valence-corrected chi connectivity index (χ0v) is 14.7. The van der Waals surface area contributed by atoms with Crippen LogP contribution in [-0.2, 0) is 5.54 Å². The van der Waals surface area contributed by atoms with Crippen LogP contribution >= 0.6 is 23.4 Å². The van der Waals surface area contributed by atoms with Crippen LogP contribution in [0.2, 0.25) is 5.15 Å². The Kier molecular flexibility index (Phi) is 4.78. The Hall–Kier alpha value is -2.05. The number of nitrogens with zero attached hydrogens (tertiary/aromatic N) is 2. The Morgan fingerprint density at radius 1 is 1.38 bits per heavy atom. The first-order valence-electron chi connectivity index (χ1n) is 7.48. The van der Waals surface area contributed by atoms with E-state index in [1.807, 2.05) is 24.3 Å². The van der Waals surface area contributed by atoms with E-state index in [9.17, 15) is 4.79 Å². The number of hydrogen-bond donors (Lipinski definition) is 2. The number of halogens is 1. The molecule has 1 aliphatic heterocycles. The number of carbonyl (C=O) groups excluding carboxylic acids is 1. The van der Waals surface area contributed by atoms with Crippen molar-refractivity contribution in [3.05, 3.63) is 58.9 Å². The topological polar surface area (TPSA) is 80.4 Å². The Morgan fingerprint density at radius 2 is 2.21 bits per heavy atom. The number of aromatic nitrogens is 1. The van der Waals surface area contributed by atoms with Crippen LogP contribution in [0.3, 0.4) is 0 Å². The second-order valence-electron chi connectivity index (χ2n) is 5.73. The van der Waals surface area contributed by atoms with Gasteiger partial charge in [0, 0.05) is 17.6 Å². The zero-order valence-electron chi connectivity index (χ0n) is 13.1. The van der Waals surface area contributed by atoms with Crippen LogP contribution in [0, 0.1) is 0 Å². The van der Waals surface area contributed by atoms with Gasteiger partial charge in [-0.25, -0.2) is 4.98 Å². The molecule has 24 heavy (non-hydrogen) atoms. The van der Waals surface area contributed by atoms with Crippen LogP contribution in [0.1, 0.15) is 29.3 Å². The number of carbonyl (C=O) groups is 1. The van der Waals surface area contributed by atoms with E-state index in [0.717, 1.165) is 17.7 Å². The Morgan fingerprint density at radius 3 is 2.92 bits per heavy atom. The minimum atomic E-state index is -0.363. The highest BCUT2D eigenvalue weighted by Crippen LogP contribution is 2.35. The zero-order chi connectivity index (χ0) is 17.2. The largest absolute Gasteiger partial charge is 0.379 e. The molecule has 2 heterocycles. The molecular weight excluding hydrogens is 344 g/mol. The second-order valence-corrected chi connectivity index (χ2v) is 7.23. The van der Waals surface area contributed by atoms with Crippen molar-refractivity contribution in [3.63, 3.8) is 0 Å². The molecule has 0 bridgehead atoms. The van der Waals surface area contributed by atoms with E-state index in [4.69, 9.17) is 17.3 Å². The van der Waals surface area contributed by atoms with Gasteiger partial charge in [-0.15, -0.1) is 0 Å². The summed E-state index contributed by atoms with van der Waals surface area (Å²) < 4.78 is 0. The summed E-state index contributed by atoms with van der Waals surface area (Å²) in [7, 11) is 0. The molecule has 2 aromatic rings. The first-order valence-corrected chi connectivity index (χ1v) is 8.84. The van der Waals surface area contributed by atoms with Crippen molar-refractivity contribution < 1.29 is 4.79 Å². The molecule has 0 aliphatic carbocycles. The lowest BCUT2D eigenvalue weighted by Crippen LogP contribution is -2.28. The number of benzene rings is 1. The molecule has 5 nitrogen and oxygen atoms in total. The molecule has 7 heteroatoms. The van der Waals surface area contributed by atoms with Crippen molar-refractivity contribution >= 4 is 40.1 Å². The van der Waals surface area contributed by atoms with E-state index >= 15 is 0 Å². The summed E-state index contributed by atoms with van der Waals surface area (Å²) in [4.78, 5) is 20.8. The summed E-state index contributed by atoms with van der Waals surface area (Å²) in [5.41, 5.74) is 7.70. The molecule has 3 rings (SSSR count). The van der Waals surface area contributed by atoms with Crippen molar-refractivity contribution in [2.24, 2.45) is 10.7 Å². The molecule has 1 atom stereocenters. The van der Waals surface area contributed by atoms with Gasteiger partial charge in [-0.1, -0.05) is 35.5 Å². The Labute approximate surface area is 149 Å². The molecule has 0 fully saturated rings. The molecule has 124 valence electrons. The normalized spacial score (nSPS) is 20.3. The van der Waals surface area contributed by atoms with E-state index in [1.165, 1.54) is 6.20 Å². The monoisotopic (exact) mass is 360 g/mol. The predicted molar refractivity (Wildman–Crippen MR) is 99.7 cm³/mol. The molecule has 1 aliphatic rings. The van der Waals surface area contributed by atoms with Gasteiger partial charge in [-0.2, -0.15) is 0 Å². The predicted octanol–water partition coefficient (Wildman–Crippen LogP) is 3.65. The van der Waals surface area contributed by atoms with Gasteiger partial charge in [-0.3, -0.25) is 9.79 Å². The fourth-order valence-electron chi connectivity index (χ4n) is 2.54.